The first-order valence-electron chi connectivity index (χ1n) is 17.9. The molecule has 2 N–H and O–H groups in total. The number of rotatable bonds is 17. The summed E-state index contributed by atoms with van der Waals surface area (Å²) in [4.78, 5) is 58.7. The van der Waals surface area contributed by atoms with E-state index < -0.39 is 56.9 Å². The molecule has 1 saturated heterocycles. The van der Waals surface area contributed by atoms with Gasteiger partial charge in [-0.3, -0.25) is 29.6 Å². The number of nitrogens with one attached hydrogen (secondary N) is 1. The van der Waals surface area contributed by atoms with E-state index in [2.05, 4.69) is 10.3 Å². The number of aliphatic hydroxyl groups is 1. The van der Waals surface area contributed by atoms with E-state index in [4.69, 9.17) is 4.74 Å². The average molecular weight is 775 g/mol. The van der Waals surface area contributed by atoms with E-state index in [0.717, 1.165) is 10.5 Å². The number of imide groups is 1. The van der Waals surface area contributed by atoms with Gasteiger partial charge < -0.3 is 20.1 Å². The Bertz CT molecular complexity index is 2130. The van der Waals surface area contributed by atoms with Crippen LogP contribution >= 0.6 is 0 Å². The molecule has 1 aliphatic heterocycles. The SMILES string of the molecule is COc1ccc(S(=O)(=O)N(CC(C)C)C[C@@H](O)[C@H](Cc2ccccc2)NC(=O)[C@H](C(C)C)N2CC(=O)N(Cc3ccc4cc([N+](=O)[O-])ccc4n3)C2=O)cc1. The standard InChI is InChI=1S/C39H46N6O9S/c1-25(2)21-42(55(52,53)32-16-14-31(54-5)15-17-32)23-35(46)34(19-27-9-7-6-8-10-27)41-38(48)37(26(3)4)44-24-36(47)43(39(44)49)22-29-12-11-28-20-30(45(50)51)13-18-33(28)40-29/h6-18,20,25-26,34-35,37,46H,19,21-24H2,1-5H3,(H,41,48)/t34-,35+,37-/m0/s1. The molecule has 4 aromatic rings. The second kappa shape index (κ2) is 17.3. The van der Waals surface area contributed by atoms with Crippen LogP contribution in [0.5, 0.6) is 5.75 Å². The number of nitrogens with zero attached hydrogens (tertiary/aromatic N) is 5. The molecule has 0 spiro atoms. The van der Waals surface area contributed by atoms with Gasteiger partial charge in [-0.1, -0.05) is 64.1 Å². The number of sulfonamides is 1. The number of fused-ring (bicyclic) bond motifs is 1. The summed E-state index contributed by atoms with van der Waals surface area (Å²) in [6, 6.07) is 19.7. The predicted molar refractivity (Wildman–Crippen MR) is 204 cm³/mol. The Labute approximate surface area is 320 Å². The van der Waals surface area contributed by atoms with E-state index in [1.807, 2.05) is 44.2 Å². The van der Waals surface area contributed by atoms with E-state index in [-0.39, 0.29) is 49.1 Å². The van der Waals surface area contributed by atoms with Gasteiger partial charge in [0.15, 0.2) is 0 Å². The van der Waals surface area contributed by atoms with Crippen molar-refractivity contribution in [2.45, 2.75) is 63.7 Å². The molecule has 2 heterocycles. The Kier molecular flexibility index (Phi) is 12.8. The van der Waals surface area contributed by atoms with Crippen LogP contribution in [0.4, 0.5) is 10.5 Å². The summed E-state index contributed by atoms with van der Waals surface area (Å²) in [5.74, 6) is -1.23. The van der Waals surface area contributed by atoms with Crippen molar-refractivity contribution >= 4 is 44.5 Å². The highest BCUT2D eigenvalue weighted by molar-refractivity contribution is 7.89. The first kappa shape index (κ1) is 40.7. The fraction of sp³-hybridized carbons (Fsp3) is 0.385. The largest absolute Gasteiger partial charge is 0.497 e. The quantitative estimate of drug-likeness (QED) is 0.0884. The van der Waals surface area contributed by atoms with Gasteiger partial charge in [-0.05, 0) is 60.2 Å². The fourth-order valence-corrected chi connectivity index (χ4v) is 8.21. The Balaban J connectivity index is 1.37. The molecule has 3 atom stereocenters. The molecule has 0 saturated carbocycles. The molecular weight excluding hydrogens is 729 g/mol. The molecule has 3 aromatic carbocycles. The number of carbonyl (C=O) groups is 3. The number of aromatic nitrogens is 1. The zero-order chi connectivity index (χ0) is 40.0. The topological polar surface area (TPSA) is 193 Å². The van der Waals surface area contributed by atoms with Crippen molar-refractivity contribution in [3.05, 3.63) is 106 Å². The van der Waals surface area contributed by atoms with Crippen LogP contribution in [-0.4, -0.2) is 100 Å². The lowest BCUT2D eigenvalue weighted by Gasteiger charge is -2.34. The molecule has 5 rings (SSSR count). The summed E-state index contributed by atoms with van der Waals surface area (Å²) in [5.41, 5.74) is 1.50. The number of hydrogen-bond donors (Lipinski definition) is 2. The summed E-state index contributed by atoms with van der Waals surface area (Å²) >= 11 is 0. The lowest BCUT2D eigenvalue weighted by Crippen LogP contribution is -2.57. The third kappa shape index (κ3) is 9.62. The number of amides is 4. The highest BCUT2D eigenvalue weighted by Gasteiger charge is 2.44. The Morgan fingerprint density at radius 2 is 1.69 bits per heavy atom. The van der Waals surface area contributed by atoms with Crippen molar-refractivity contribution in [3.8, 4) is 5.75 Å². The zero-order valence-electron chi connectivity index (χ0n) is 31.4. The number of urea groups is 1. The molecule has 0 aliphatic carbocycles. The Hall–Kier alpha value is -5.45. The minimum Gasteiger partial charge on any atom is -0.497 e. The van der Waals surface area contributed by atoms with Crippen LogP contribution in [0.2, 0.25) is 0 Å². The smallest absolute Gasteiger partial charge is 0.328 e. The van der Waals surface area contributed by atoms with Gasteiger partial charge in [0, 0.05) is 30.6 Å². The van der Waals surface area contributed by atoms with Crippen LogP contribution in [0.1, 0.15) is 39.0 Å². The van der Waals surface area contributed by atoms with Gasteiger partial charge in [0.25, 0.3) is 11.6 Å². The van der Waals surface area contributed by atoms with Crippen LogP contribution in [0, 0.1) is 22.0 Å². The molecule has 4 amide bonds. The maximum absolute atomic E-state index is 14.2. The maximum Gasteiger partial charge on any atom is 0.328 e. The third-order valence-electron chi connectivity index (χ3n) is 9.33. The molecule has 1 aliphatic rings. The number of aliphatic hydroxyl groups excluding tert-OH is 1. The van der Waals surface area contributed by atoms with Gasteiger partial charge in [-0.25, -0.2) is 13.2 Å². The number of nitro groups is 1. The highest BCUT2D eigenvalue weighted by atomic mass is 32.2. The van der Waals surface area contributed by atoms with Crippen LogP contribution in [-0.2, 0) is 32.6 Å². The van der Waals surface area contributed by atoms with Gasteiger partial charge in [0.05, 0.1) is 46.8 Å². The molecule has 1 aromatic heterocycles. The molecular formula is C39H46N6O9S. The van der Waals surface area contributed by atoms with Gasteiger partial charge in [0.1, 0.15) is 18.3 Å². The number of pyridine rings is 1. The molecule has 0 radical (unpaired) electrons. The van der Waals surface area contributed by atoms with Crippen molar-refractivity contribution in [1.82, 2.24) is 24.4 Å². The molecule has 55 heavy (non-hydrogen) atoms. The van der Waals surface area contributed by atoms with E-state index in [1.165, 1.54) is 46.6 Å². The minimum atomic E-state index is -4.08. The van der Waals surface area contributed by atoms with E-state index >= 15 is 0 Å². The summed E-state index contributed by atoms with van der Waals surface area (Å²) in [6.45, 7) is 6.41. The molecule has 16 heteroatoms. The van der Waals surface area contributed by atoms with Gasteiger partial charge in [0.2, 0.25) is 15.9 Å². The number of carbonyl (C=O) groups excluding carboxylic acids is 3. The number of methoxy groups -OCH3 is 1. The summed E-state index contributed by atoms with van der Waals surface area (Å²) < 4.78 is 34.2. The number of ether oxygens (including phenoxy) is 1. The first-order chi connectivity index (χ1) is 26.1. The van der Waals surface area contributed by atoms with Crippen molar-refractivity contribution < 1.29 is 37.6 Å². The molecule has 0 unspecified atom stereocenters. The minimum absolute atomic E-state index is 0.0225. The molecule has 1 fully saturated rings. The number of benzene rings is 3. The van der Waals surface area contributed by atoms with Crippen molar-refractivity contribution in [1.29, 1.82) is 0 Å². The van der Waals surface area contributed by atoms with Crippen LogP contribution in [0.15, 0.2) is 89.8 Å². The lowest BCUT2D eigenvalue weighted by atomic mass is 9.97. The van der Waals surface area contributed by atoms with Crippen LogP contribution in [0.3, 0.4) is 0 Å². The highest BCUT2D eigenvalue weighted by Crippen LogP contribution is 2.25. The van der Waals surface area contributed by atoms with Crippen LogP contribution < -0.4 is 10.1 Å². The predicted octanol–water partition coefficient (Wildman–Crippen LogP) is 4.38. The Morgan fingerprint density at radius 3 is 2.31 bits per heavy atom. The average Bonchev–Trinajstić information content (AvgIpc) is 3.41. The van der Waals surface area contributed by atoms with E-state index in [9.17, 15) is 38.0 Å². The molecule has 15 nitrogen and oxygen atoms in total. The van der Waals surface area contributed by atoms with Crippen LogP contribution in [0.25, 0.3) is 10.9 Å². The summed E-state index contributed by atoms with van der Waals surface area (Å²) in [6.07, 6.45) is -1.23. The van der Waals surface area contributed by atoms with Crippen molar-refractivity contribution in [2.75, 3.05) is 26.7 Å². The first-order valence-corrected chi connectivity index (χ1v) is 19.3. The molecule has 0 bridgehead atoms. The van der Waals surface area contributed by atoms with E-state index in [1.54, 1.807) is 38.1 Å². The number of non-ortho nitro benzene ring substituents is 1. The monoisotopic (exact) mass is 774 g/mol. The third-order valence-corrected chi connectivity index (χ3v) is 11.2. The molecule has 292 valence electrons. The summed E-state index contributed by atoms with van der Waals surface area (Å²) in [5, 5.41) is 26.4. The maximum atomic E-state index is 14.2. The second-order valence-electron chi connectivity index (χ2n) is 14.3. The van der Waals surface area contributed by atoms with Crippen molar-refractivity contribution in [3.63, 3.8) is 0 Å². The normalized spacial score (nSPS) is 15.2. The number of hydrogen-bond acceptors (Lipinski definition) is 10. The van der Waals surface area contributed by atoms with Gasteiger partial charge in [-0.15, -0.1) is 0 Å². The summed E-state index contributed by atoms with van der Waals surface area (Å²) in [7, 11) is -2.60. The van der Waals surface area contributed by atoms with Crippen molar-refractivity contribution in [2.24, 2.45) is 11.8 Å². The van der Waals surface area contributed by atoms with E-state index in [0.29, 0.717) is 22.3 Å². The second-order valence-corrected chi connectivity index (χ2v) is 16.2. The lowest BCUT2D eigenvalue weighted by molar-refractivity contribution is -0.384. The van der Waals surface area contributed by atoms with Gasteiger partial charge >= 0.3 is 6.03 Å². The zero-order valence-corrected chi connectivity index (χ0v) is 32.2. The number of nitro benzene ring substituents is 1. The Morgan fingerprint density at radius 1 is 1.00 bits per heavy atom. The fourth-order valence-electron chi connectivity index (χ4n) is 6.59. The van der Waals surface area contributed by atoms with Gasteiger partial charge in [-0.2, -0.15) is 4.31 Å².